The van der Waals surface area contributed by atoms with E-state index in [0.29, 0.717) is 11.8 Å². The van der Waals surface area contributed by atoms with E-state index < -0.39 is 0 Å². The van der Waals surface area contributed by atoms with Crippen LogP contribution in [0.1, 0.15) is 61.8 Å². The van der Waals surface area contributed by atoms with Crippen LogP contribution in [-0.4, -0.2) is 0 Å². The minimum atomic E-state index is 0.572. The molecule has 0 spiro atoms. The molecule has 0 aliphatic heterocycles. The van der Waals surface area contributed by atoms with Crippen LogP contribution in [-0.2, 0) is 6.42 Å². The number of rotatable bonds is 4. The predicted molar refractivity (Wildman–Crippen MR) is 119 cm³/mol. The van der Waals surface area contributed by atoms with Crippen molar-refractivity contribution in [2.75, 3.05) is 0 Å². The van der Waals surface area contributed by atoms with Crippen LogP contribution >= 0.6 is 0 Å². The second-order valence-corrected chi connectivity index (χ2v) is 8.37. The van der Waals surface area contributed by atoms with Gasteiger partial charge in [-0.2, -0.15) is 0 Å². The molecule has 0 unspecified atom stereocenters. The molecule has 0 bridgehead atoms. The van der Waals surface area contributed by atoms with Gasteiger partial charge in [-0.3, -0.25) is 0 Å². The van der Waals surface area contributed by atoms with Crippen LogP contribution in [0, 0.1) is 0 Å². The summed E-state index contributed by atoms with van der Waals surface area (Å²) in [6.45, 7) is 9.00. The van der Waals surface area contributed by atoms with E-state index in [0.717, 1.165) is 6.42 Å². The summed E-state index contributed by atoms with van der Waals surface area (Å²) in [5, 5.41) is 5.34. The summed E-state index contributed by atoms with van der Waals surface area (Å²) in [6.07, 6.45) is 0.976. The van der Waals surface area contributed by atoms with E-state index in [-0.39, 0.29) is 0 Å². The largest absolute Gasteiger partial charge is 0.0587 e. The van der Waals surface area contributed by atoms with Crippen LogP contribution in [0.25, 0.3) is 21.5 Å². The smallest absolute Gasteiger partial charge is 0.00253 e. The highest BCUT2D eigenvalue weighted by molar-refractivity contribution is 5.85. The molecule has 0 atom stereocenters. The number of hydrogen-bond donors (Lipinski definition) is 0. The van der Waals surface area contributed by atoms with E-state index in [2.05, 4.69) is 100 Å². The fourth-order valence-electron chi connectivity index (χ4n) is 3.80. The van der Waals surface area contributed by atoms with Crippen molar-refractivity contribution in [1.29, 1.82) is 0 Å². The fraction of sp³-hybridized carbons (Fsp3) is 0.259. The Morgan fingerprint density at radius 2 is 0.852 bits per heavy atom. The number of hydrogen-bond acceptors (Lipinski definition) is 0. The summed E-state index contributed by atoms with van der Waals surface area (Å²) in [5.74, 6) is 1.14. The molecule has 0 heterocycles. The van der Waals surface area contributed by atoms with Gasteiger partial charge in [0.05, 0.1) is 0 Å². The summed E-state index contributed by atoms with van der Waals surface area (Å²) >= 11 is 0. The van der Waals surface area contributed by atoms with Crippen molar-refractivity contribution in [3.8, 4) is 0 Å². The Morgan fingerprint density at radius 1 is 0.481 bits per heavy atom. The minimum Gasteiger partial charge on any atom is -0.0587 e. The van der Waals surface area contributed by atoms with Gasteiger partial charge in [-0.25, -0.2) is 0 Å². The maximum atomic E-state index is 2.34. The minimum absolute atomic E-state index is 0.572. The molecule has 0 aromatic heterocycles. The SMILES string of the molecule is CC(C)c1ccc2cc(Cc3ccc4cc(C(C)C)ccc4c3)ccc2c1. The van der Waals surface area contributed by atoms with Gasteiger partial charge in [0, 0.05) is 0 Å². The molecule has 0 saturated carbocycles. The second kappa shape index (κ2) is 7.19. The third-order valence-electron chi connectivity index (χ3n) is 5.60. The summed E-state index contributed by atoms with van der Waals surface area (Å²) in [5.41, 5.74) is 5.56. The molecule has 0 amide bonds. The van der Waals surface area contributed by atoms with Crippen LogP contribution in [0.15, 0.2) is 72.8 Å². The topological polar surface area (TPSA) is 0 Å². The van der Waals surface area contributed by atoms with Crippen LogP contribution in [0.4, 0.5) is 0 Å². The van der Waals surface area contributed by atoms with Gasteiger partial charge in [-0.1, -0.05) is 100 Å². The molecule has 0 fully saturated rings. The van der Waals surface area contributed by atoms with Crippen molar-refractivity contribution in [3.63, 3.8) is 0 Å². The molecule has 0 N–H and O–H groups in total. The molecular formula is C27H28. The van der Waals surface area contributed by atoms with Gasteiger partial charge < -0.3 is 0 Å². The molecule has 0 aliphatic rings. The highest BCUT2D eigenvalue weighted by Crippen LogP contribution is 2.26. The highest BCUT2D eigenvalue weighted by atomic mass is 14.1. The van der Waals surface area contributed by atoms with Gasteiger partial charge in [-0.05, 0) is 62.1 Å². The molecular weight excluding hydrogens is 324 g/mol. The lowest BCUT2D eigenvalue weighted by molar-refractivity contribution is 0.869. The second-order valence-electron chi connectivity index (χ2n) is 8.37. The molecule has 4 aromatic carbocycles. The maximum Gasteiger partial charge on any atom is -0.00253 e. The summed E-state index contributed by atoms with van der Waals surface area (Å²) in [6, 6.07) is 27.5. The molecule has 0 radical (unpaired) electrons. The van der Waals surface area contributed by atoms with Crippen molar-refractivity contribution in [2.45, 2.75) is 46.0 Å². The fourth-order valence-corrected chi connectivity index (χ4v) is 3.80. The number of fused-ring (bicyclic) bond motifs is 2. The van der Waals surface area contributed by atoms with E-state index >= 15 is 0 Å². The van der Waals surface area contributed by atoms with Crippen LogP contribution in [0.3, 0.4) is 0 Å². The van der Waals surface area contributed by atoms with Crippen LogP contribution in [0.5, 0.6) is 0 Å². The molecule has 4 rings (SSSR count). The highest BCUT2D eigenvalue weighted by Gasteiger charge is 2.05. The lowest BCUT2D eigenvalue weighted by Crippen LogP contribution is -1.91. The van der Waals surface area contributed by atoms with Gasteiger partial charge in [0.25, 0.3) is 0 Å². The van der Waals surface area contributed by atoms with Crippen molar-refractivity contribution < 1.29 is 0 Å². The first-order chi connectivity index (χ1) is 13.0. The van der Waals surface area contributed by atoms with Gasteiger partial charge in [-0.15, -0.1) is 0 Å². The first-order valence-corrected chi connectivity index (χ1v) is 10.0. The molecule has 0 aliphatic carbocycles. The Labute approximate surface area is 162 Å². The van der Waals surface area contributed by atoms with Crippen molar-refractivity contribution >= 4 is 21.5 Å². The third kappa shape index (κ3) is 3.76. The normalized spacial score (nSPS) is 11.8. The Hall–Kier alpha value is -2.60. The number of benzene rings is 4. The molecule has 4 aromatic rings. The molecule has 0 heteroatoms. The quantitative estimate of drug-likeness (QED) is 0.351. The van der Waals surface area contributed by atoms with Crippen LogP contribution in [0.2, 0.25) is 0 Å². The Balaban J connectivity index is 1.63. The third-order valence-corrected chi connectivity index (χ3v) is 5.60. The molecule has 136 valence electrons. The van der Waals surface area contributed by atoms with E-state index in [4.69, 9.17) is 0 Å². The van der Waals surface area contributed by atoms with E-state index in [1.54, 1.807) is 0 Å². The first-order valence-electron chi connectivity index (χ1n) is 10.0. The first kappa shape index (κ1) is 17.8. The standard InChI is InChI=1S/C27H28/c1-18(2)22-9-11-24-14-20(5-7-26(24)16-22)13-21-6-8-27-17-23(19(3)4)10-12-25(27)15-21/h5-12,14-19H,13H2,1-4H3. The lowest BCUT2D eigenvalue weighted by Gasteiger charge is -2.10. The Morgan fingerprint density at radius 3 is 1.26 bits per heavy atom. The summed E-state index contributed by atoms with van der Waals surface area (Å²) < 4.78 is 0. The van der Waals surface area contributed by atoms with Crippen molar-refractivity contribution in [2.24, 2.45) is 0 Å². The van der Waals surface area contributed by atoms with Gasteiger partial charge >= 0.3 is 0 Å². The average Bonchev–Trinajstić information content (AvgIpc) is 2.67. The summed E-state index contributed by atoms with van der Waals surface area (Å²) in [4.78, 5) is 0. The Bertz CT molecular complexity index is 1010. The van der Waals surface area contributed by atoms with Crippen LogP contribution < -0.4 is 0 Å². The molecule has 0 saturated heterocycles. The van der Waals surface area contributed by atoms with Gasteiger partial charge in [0.1, 0.15) is 0 Å². The zero-order valence-electron chi connectivity index (χ0n) is 16.8. The predicted octanol–water partition coefficient (Wildman–Crippen LogP) is 7.83. The van der Waals surface area contributed by atoms with E-state index in [1.807, 2.05) is 0 Å². The monoisotopic (exact) mass is 352 g/mol. The molecule has 0 nitrogen and oxygen atoms in total. The van der Waals surface area contributed by atoms with Gasteiger partial charge in [0.15, 0.2) is 0 Å². The summed E-state index contributed by atoms with van der Waals surface area (Å²) in [7, 11) is 0. The zero-order chi connectivity index (χ0) is 19.0. The molecule has 27 heavy (non-hydrogen) atoms. The van der Waals surface area contributed by atoms with E-state index in [1.165, 1.54) is 43.8 Å². The van der Waals surface area contributed by atoms with Crippen molar-refractivity contribution in [3.05, 3.63) is 95.1 Å². The maximum absolute atomic E-state index is 2.34. The van der Waals surface area contributed by atoms with Crippen molar-refractivity contribution in [1.82, 2.24) is 0 Å². The zero-order valence-corrected chi connectivity index (χ0v) is 16.8. The average molecular weight is 353 g/mol. The Kier molecular flexibility index (Phi) is 4.74. The lowest BCUT2D eigenvalue weighted by atomic mass is 9.95. The van der Waals surface area contributed by atoms with Gasteiger partial charge in [0.2, 0.25) is 0 Å². The van der Waals surface area contributed by atoms with E-state index in [9.17, 15) is 0 Å².